The number of thiazole rings is 1. The van der Waals surface area contributed by atoms with Crippen molar-refractivity contribution in [3.63, 3.8) is 0 Å². The summed E-state index contributed by atoms with van der Waals surface area (Å²) in [7, 11) is 0. The molecule has 0 unspecified atom stereocenters. The predicted octanol–water partition coefficient (Wildman–Crippen LogP) is 3.06. The molecule has 0 spiro atoms. The van der Waals surface area contributed by atoms with Gasteiger partial charge in [-0.25, -0.2) is 4.98 Å². The maximum Gasteiger partial charge on any atom is 0.182 e. The van der Waals surface area contributed by atoms with Gasteiger partial charge in [-0.1, -0.05) is 0 Å². The van der Waals surface area contributed by atoms with Crippen LogP contribution in [0.25, 0.3) is 0 Å². The van der Waals surface area contributed by atoms with E-state index in [4.69, 9.17) is 9.15 Å². The highest BCUT2D eigenvalue weighted by Gasteiger charge is 1.98. The summed E-state index contributed by atoms with van der Waals surface area (Å²) < 4.78 is 10.6. The first kappa shape index (κ1) is 12.1. The van der Waals surface area contributed by atoms with E-state index in [-0.39, 0.29) is 0 Å². The molecule has 0 fully saturated rings. The standard InChI is InChI=1S/C12H16N2O2S/c1-10-8-14-12(17-10)13-5-3-6-15-9-11-4-2-7-16-11/h2,4,7-8H,3,5-6,9H2,1H3,(H,13,14). The molecule has 2 aromatic rings. The third-order valence-corrected chi connectivity index (χ3v) is 3.06. The number of aromatic nitrogens is 1. The number of aryl methyl sites for hydroxylation is 1. The molecule has 4 nitrogen and oxygen atoms in total. The van der Waals surface area contributed by atoms with Crippen LogP contribution in [0.3, 0.4) is 0 Å². The van der Waals surface area contributed by atoms with Crippen molar-refractivity contribution >= 4 is 16.5 Å². The van der Waals surface area contributed by atoms with Crippen molar-refractivity contribution in [1.82, 2.24) is 4.98 Å². The van der Waals surface area contributed by atoms with Crippen LogP contribution in [0, 0.1) is 6.92 Å². The van der Waals surface area contributed by atoms with Gasteiger partial charge in [-0.05, 0) is 25.5 Å². The Kier molecular flexibility index (Phi) is 4.58. The van der Waals surface area contributed by atoms with Crippen LogP contribution in [-0.2, 0) is 11.3 Å². The highest BCUT2D eigenvalue weighted by molar-refractivity contribution is 7.15. The first-order chi connectivity index (χ1) is 8.34. The van der Waals surface area contributed by atoms with Crippen LogP contribution >= 0.6 is 11.3 Å². The van der Waals surface area contributed by atoms with Gasteiger partial charge < -0.3 is 14.5 Å². The fraction of sp³-hybridized carbons (Fsp3) is 0.417. The quantitative estimate of drug-likeness (QED) is 0.769. The molecule has 2 aromatic heterocycles. The number of hydrogen-bond donors (Lipinski definition) is 1. The van der Waals surface area contributed by atoms with Crippen LogP contribution in [0.5, 0.6) is 0 Å². The highest BCUT2D eigenvalue weighted by atomic mass is 32.1. The van der Waals surface area contributed by atoms with E-state index in [2.05, 4.69) is 17.2 Å². The molecule has 0 atom stereocenters. The molecule has 1 N–H and O–H groups in total. The number of rotatable bonds is 7. The molecule has 0 aliphatic heterocycles. The molecule has 17 heavy (non-hydrogen) atoms. The zero-order valence-corrected chi connectivity index (χ0v) is 10.6. The maximum atomic E-state index is 5.47. The molecule has 0 aliphatic rings. The van der Waals surface area contributed by atoms with Gasteiger partial charge in [0.15, 0.2) is 5.13 Å². The summed E-state index contributed by atoms with van der Waals surface area (Å²) in [6.45, 7) is 4.20. The molecule has 0 bridgehead atoms. The SMILES string of the molecule is Cc1cnc(NCCCOCc2ccco2)s1. The Morgan fingerprint density at radius 3 is 3.18 bits per heavy atom. The van der Waals surface area contributed by atoms with Gasteiger partial charge in [0.05, 0.1) is 6.26 Å². The smallest absolute Gasteiger partial charge is 0.182 e. The molecule has 2 heterocycles. The van der Waals surface area contributed by atoms with Crippen LogP contribution in [0.2, 0.25) is 0 Å². The van der Waals surface area contributed by atoms with Crippen LogP contribution < -0.4 is 5.32 Å². The number of nitrogens with zero attached hydrogens (tertiary/aromatic N) is 1. The van der Waals surface area contributed by atoms with Crippen LogP contribution in [0.4, 0.5) is 5.13 Å². The summed E-state index contributed by atoms with van der Waals surface area (Å²) in [6.07, 6.45) is 4.49. The zero-order chi connectivity index (χ0) is 11.9. The second-order valence-corrected chi connectivity index (χ2v) is 4.92. The molecule has 0 saturated heterocycles. The Morgan fingerprint density at radius 1 is 1.53 bits per heavy atom. The molecular formula is C12H16N2O2S. The van der Waals surface area contributed by atoms with Gasteiger partial charge in [0.1, 0.15) is 12.4 Å². The van der Waals surface area contributed by atoms with E-state index in [1.54, 1.807) is 17.6 Å². The number of nitrogens with one attached hydrogen (secondary N) is 1. The number of hydrogen-bond acceptors (Lipinski definition) is 5. The molecule has 0 aromatic carbocycles. The summed E-state index contributed by atoms with van der Waals surface area (Å²) in [6, 6.07) is 3.78. The van der Waals surface area contributed by atoms with Crippen molar-refractivity contribution < 1.29 is 9.15 Å². The van der Waals surface area contributed by atoms with Gasteiger partial charge in [0, 0.05) is 24.2 Å². The molecule has 0 saturated carbocycles. The van der Waals surface area contributed by atoms with Gasteiger partial charge in [0.2, 0.25) is 0 Å². The monoisotopic (exact) mass is 252 g/mol. The van der Waals surface area contributed by atoms with Crippen molar-refractivity contribution in [3.8, 4) is 0 Å². The lowest BCUT2D eigenvalue weighted by atomic mass is 10.4. The summed E-state index contributed by atoms with van der Waals surface area (Å²) in [5.41, 5.74) is 0. The number of ether oxygens (including phenoxy) is 1. The van der Waals surface area contributed by atoms with Crippen molar-refractivity contribution in [2.24, 2.45) is 0 Å². The van der Waals surface area contributed by atoms with E-state index in [9.17, 15) is 0 Å². The van der Waals surface area contributed by atoms with Gasteiger partial charge in [-0.15, -0.1) is 11.3 Å². The van der Waals surface area contributed by atoms with E-state index in [0.29, 0.717) is 6.61 Å². The lowest BCUT2D eigenvalue weighted by Crippen LogP contribution is -2.05. The van der Waals surface area contributed by atoms with E-state index in [1.807, 2.05) is 18.3 Å². The third-order valence-electron chi connectivity index (χ3n) is 2.19. The molecule has 5 heteroatoms. The van der Waals surface area contributed by atoms with Gasteiger partial charge in [-0.2, -0.15) is 0 Å². The third kappa shape index (κ3) is 4.20. The number of furan rings is 1. The lowest BCUT2D eigenvalue weighted by Gasteiger charge is -2.03. The molecule has 0 radical (unpaired) electrons. The Labute approximate surface area is 105 Å². The fourth-order valence-electron chi connectivity index (χ4n) is 1.37. The topological polar surface area (TPSA) is 47.3 Å². The van der Waals surface area contributed by atoms with Gasteiger partial charge in [-0.3, -0.25) is 0 Å². The van der Waals surface area contributed by atoms with E-state index in [0.717, 1.165) is 30.5 Å². The Hall–Kier alpha value is -1.33. The highest BCUT2D eigenvalue weighted by Crippen LogP contribution is 2.16. The summed E-state index contributed by atoms with van der Waals surface area (Å²) in [4.78, 5) is 5.45. The molecule has 92 valence electrons. The minimum absolute atomic E-state index is 0.545. The largest absolute Gasteiger partial charge is 0.467 e. The predicted molar refractivity (Wildman–Crippen MR) is 68.3 cm³/mol. The van der Waals surface area contributed by atoms with Crippen LogP contribution in [0.1, 0.15) is 17.1 Å². The van der Waals surface area contributed by atoms with Crippen LogP contribution in [-0.4, -0.2) is 18.1 Å². The minimum Gasteiger partial charge on any atom is -0.467 e. The van der Waals surface area contributed by atoms with E-state index < -0.39 is 0 Å². The van der Waals surface area contributed by atoms with Crippen molar-refractivity contribution in [2.75, 3.05) is 18.5 Å². The van der Waals surface area contributed by atoms with Gasteiger partial charge >= 0.3 is 0 Å². The van der Waals surface area contributed by atoms with E-state index >= 15 is 0 Å². The Bertz CT molecular complexity index is 425. The normalized spacial score (nSPS) is 10.6. The average Bonchev–Trinajstić information content (AvgIpc) is 2.95. The number of anilines is 1. The summed E-state index contributed by atoms with van der Waals surface area (Å²) >= 11 is 1.67. The second kappa shape index (κ2) is 6.42. The Morgan fingerprint density at radius 2 is 2.47 bits per heavy atom. The minimum atomic E-state index is 0.545. The fourth-order valence-corrected chi connectivity index (χ4v) is 2.06. The van der Waals surface area contributed by atoms with Gasteiger partial charge in [0.25, 0.3) is 0 Å². The average molecular weight is 252 g/mol. The summed E-state index contributed by atoms with van der Waals surface area (Å²) in [5, 5.41) is 4.24. The Balaban J connectivity index is 1.52. The van der Waals surface area contributed by atoms with Crippen LogP contribution in [0.15, 0.2) is 29.0 Å². The van der Waals surface area contributed by atoms with Crippen molar-refractivity contribution in [3.05, 3.63) is 35.2 Å². The lowest BCUT2D eigenvalue weighted by molar-refractivity contribution is 0.106. The van der Waals surface area contributed by atoms with Crippen molar-refractivity contribution in [1.29, 1.82) is 0 Å². The maximum absolute atomic E-state index is 5.47. The first-order valence-corrected chi connectivity index (χ1v) is 6.42. The summed E-state index contributed by atoms with van der Waals surface area (Å²) in [5.74, 6) is 0.869. The first-order valence-electron chi connectivity index (χ1n) is 5.61. The zero-order valence-electron chi connectivity index (χ0n) is 9.81. The molecule has 0 amide bonds. The van der Waals surface area contributed by atoms with Crippen molar-refractivity contribution in [2.45, 2.75) is 20.0 Å². The second-order valence-electron chi connectivity index (χ2n) is 3.69. The molecule has 0 aliphatic carbocycles. The van der Waals surface area contributed by atoms with E-state index in [1.165, 1.54) is 4.88 Å². The molecular weight excluding hydrogens is 236 g/mol. The molecule has 2 rings (SSSR count).